The highest BCUT2D eigenvalue weighted by molar-refractivity contribution is 5.93. The molecular weight excluding hydrogens is 286 g/mol. The highest BCUT2D eigenvalue weighted by Crippen LogP contribution is 2.35. The molecule has 1 aliphatic rings. The van der Waals surface area contributed by atoms with Crippen molar-refractivity contribution in [3.8, 4) is 0 Å². The van der Waals surface area contributed by atoms with E-state index < -0.39 is 0 Å². The molecule has 0 bridgehead atoms. The van der Waals surface area contributed by atoms with E-state index in [4.69, 9.17) is 4.74 Å². The molecule has 0 N–H and O–H groups in total. The summed E-state index contributed by atoms with van der Waals surface area (Å²) in [6.07, 6.45) is 0.326. The van der Waals surface area contributed by atoms with Crippen LogP contribution in [0.4, 0.5) is 10.5 Å². The van der Waals surface area contributed by atoms with E-state index in [1.54, 1.807) is 17.9 Å². The Balaban J connectivity index is 2.10. The normalized spacial score (nSPS) is 14.0. The van der Waals surface area contributed by atoms with Crippen LogP contribution in [-0.4, -0.2) is 33.6 Å². The highest BCUT2D eigenvalue weighted by atomic mass is 16.6. The molecule has 1 amide bonds. The van der Waals surface area contributed by atoms with Crippen molar-refractivity contribution in [2.24, 2.45) is 7.05 Å². The summed E-state index contributed by atoms with van der Waals surface area (Å²) in [4.78, 5) is 24.4. The molecule has 7 nitrogen and oxygen atoms in total. The molecule has 0 fully saturated rings. The van der Waals surface area contributed by atoms with E-state index in [2.05, 4.69) is 0 Å². The third-order valence-corrected chi connectivity index (χ3v) is 4.12. The van der Waals surface area contributed by atoms with Crippen molar-refractivity contribution < 1.29 is 14.5 Å². The minimum atomic E-state index is -0.364. The topological polar surface area (TPSA) is 77.6 Å². The largest absolute Gasteiger partial charge is 0.450 e. The van der Waals surface area contributed by atoms with Gasteiger partial charge in [0.1, 0.15) is 5.52 Å². The van der Waals surface area contributed by atoms with Crippen LogP contribution in [0.25, 0.3) is 10.9 Å². The molecule has 1 aliphatic heterocycles. The van der Waals surface area contributed by atoms with Gasteiger partial charge in [0.05, 0.1) is 18.1 Å². The second kappa shape index (κ2) is 5.32. The predicted octanol–water partition coefficient (Wildman–Crippen LogP) is 2.60. The Hall–Kier alpha value is -2.57. The van der Waals surface area contributed by atoms with Crippen molar-refractivity contribution in [2.75, 3.05) is 13.2 Å². The quantitative estimate of drug-likeness (QED) is 0.631. The number of amides is 1. The Morgan fingerprint density at radius 3 is 2.91 bits per heavy atom. The maximum absolute atomic E-state index is 11.9. The molecular formula is C15H17N3O4. The lowest BCUT2D eigenvalue weighted by Crippen LogP contribution is -2.36. The van der Waals surface area contributed by atoms with Gasteiger partial charge in [0.25, 0.3) is 5.69 Å². The summed E-state index contributed by atoms with van der Waals surface area (Å²) >= 11 is 0. The summed E-state index contributed by atoms with van der Waals surface area (Å²) in [5, 5.41) is 12.1. The first-order chi connectivity index (χ1) is 10.5. The zero-order valence-electron chi connectivity index (χ0n) is 12.5. The fourth-order valence-electron chi connectivity index (χ4n) is 3.14. The summed E-state index contributed by atoms with van der Waals surface area (Å²) in [7, 11) is 1.84. The molecule has 0 aliphatic carbocycles. The fraction of sp³-hybridized carbons (Fsp3) is 0.400. The second-order valence-electron chi connectivity index (χ2n) is 5.29. The number of nitro benzene ring substituents is 1. The van der Waals surface area contributed by atoms with Gasteiger partial charge in [-0.25, -0.2) is 4.79 Å². The number of carbonyl (C=O) groups excluding carboxylic acids is 1. The lowest BCUT2D eigenvalue weighted by Gasteiger charge is -2.27. The van der Waals surface area contributed by atoms with Crippen molar-refractivity contribution in [3.63, 3.8) is 0 Å². The van der Waals surface area contributed by atoms with Crippen molar-refractivity contribution in [1.29, 1.82) is 0 Å². The zero-order chi connectivity index (χ0) is 15.9. The number of hydrogen-bond acceptors (Lipinski definition) is 4. The van der Waals surface area contributed by atoms with Crippen LogP contribution in [0.15, 0.2) is 18.2 Å². The van der Waals surface area contributed by atoms with E-state index >= 15 is 0 Å². The molecule has 22 heavy (non-hydrogen) atoms. The average Bonchev–Trinajstić information content (AvgIpc) is 2.80. The van der Waals surface area contributed by atoms with Crippen LogP contribution in [0.5, 0.6) is 0 Å². The molecule has 116 valence electrons. The third-order valence-electron chi connectivity index (χ3n) is 4.12. The molecule has 0 atom stereocenters. The molecule has 2 aromatic rings. The van der Waals surface area contributed by atoms with E-state index in [1.807, 2.05) is 17.7 Å². The average molecular weight is 303 g/mol. The summed E-state index contributed by atoms with van der Waals surface area (Å²) in [5.41, 5.74) is 2.73. The minimum Gasteiger partial charge on any atom is -0.450 e. The third kappa shape index (κ3) is 2.09. The molecule has 0 saturated carbocycles. The van der Waals surface area contributed by atoms with Gasteiger partial charge in [0.15, 0.2) is 0 Å². The number of hydrogen-bond donors (Lipinski definition) is 0. The van der Waals surface area contributed by atoms with Gasteiger partial charge < -0.3 is 14.2 Å². The maximum atomic E-state index is 11.9. The number of para-hydroxylation sites is 1. The molecule has 0 radical (unpaired) electrons. The van der Waals surface area contributed by atoms with Gasteiger partial charge in [-0.05, 0) is 6.92 Å². The van der Waals surface area contributed by atoms with Crippen molar-refractivity contribution in [3.05, 3.63) is 39.6 Å². The fourth-order valence-corrected chi connectivity index (χ4v) is 3.14. The van der Waals surface area contributed by atoms with Gasteiger partial charge in [0, 0.05) is 42.7 Å². The number of nitrogens with zero attached hydrogens (tertiary/aromatic N) is 3. The van der Waals surface area contributed by atoms with Crippen LogP contribution >= 0.6 is 0 Å². The standard InChI is InChI=1S/C15H17N3O4/c1-3-22-15(19)17-8-7-12-11(9-17)10-5-4-6-13(18(20)21)14(10)16(12)2/h4-6H,3,7-9H2,1-2H3. The monoisotopic (exact) mass is 303 g/mol. The van der Waals surface area contributed by atoms with E-state index in [0.717, 1.165) is 16.6 Å². The van der Waals surface area contributed by atoms with Gasteiger partial charge >= 0.3 is 6.09 Å². The molecule has 3 rings (SSSR count). The van der Waals surface area contributed by atoms with Crippen LogP contribution in [0, 0.1) is 10.1 Å². The Labute approximate surface area is 127 Å². The molecule has 1 aromatic carbocycles. The number of ether oxygens (including phenoxy) is 1. The van der Waals surface area contributed by atoms with Crippen LogP contribution in [0.2, 0.25) is 0 Å². The van der Waals surface area contributed by atoms with Crippen molar-refractivity contribution in [2.45, 2.75) is 19.9 Å². The Morgan fingerprint density at radius 2 is 2.23 bits per heavy atom. The Kier molecular flexibility index (Phi) is 3.48. The number of non-ortho nitro benzene ring substituents is 1. The molecule has 0 saturated heterocycles. The number of carbonyl (C=O) groups is 1. The minimum absolute atomic E-state index is 0.0945. The van der Waals surface area contributed by atoms with Crippen LogP contribution in [0.3, 0.4) is 0 Å². The van der Waals surface area contributed by atoms with Gasteiger partial charge in [-0.15, -0.1) is 0 Å². The first-order valence-corrected chi connectivity index (χ1v) is 7.19. The summed E-state index contributed by atoms with van der Waals surface area (Å²) in [5.74, 6) is 0. The van der Waals surface area contributed by atoms with E-state index in [9.17, 15) is 14.9 Å². The number of fused-ring (bicyclic) bond motifs is 3. The number of aromatic nitrogens is 1. The lowest BCUT2D eigenvalue weighted by atomic mass is 10.0. The smallest absolute Gasteiger partial charge is 0.410 e. The van der Waals surface area contributed by atoms with E-state index in [0.29, 0.717) is 31.6 Å². The molecule has 1 aromatic heterocycles. The molecule has 0 spiro atoms. The van der Waals surface area contributed by atoms with E-state index in [1.165, 1.54) is 6.07 Å². The van der Waals surface area contributed by atoms with Crippen LogP contribution in [0.1, 0.15) is 18.2 Å². The number of nitro groups is 1. The zero-order valence-corrected chi connectivity index (χ0v) is 12.5. The molecule has 0 unspecified atom stereocenters. The van der Waals surface area contributed by atoms with Gasteiger partial charge in [-0.2, -0.15) is 0 Å². The van der Waals surface area contributed by atoms with Gasteiger partial charge in [-0.3, -0.25) is 10.1 Å². The second-order valence-corrected chi connectivity index (χ2v) is 5.29. The van der Waals surface area contributed by atoms with Gasteiger partial charge in [-0.1, -0.05) is 12.1 Å². The van der Waals surface area contributed by atoms with Crippen LogP contribution in [-0.2, 0) is 24.8 Å². The number of rotatable bonds is 2. The lowest BCUT2D eigenvalue weighted by molar-refractivity contribution is -0.383. The van der Waals surface area contributed by atoms with Crippen LogP contribution < -0.4 is 0 Å². The Bertz CT molecular complexity index is 766. The van der Waals surface area contributed by atoms with Gasteiger partial charge in [0.2, 0.25) is 0 Å². The molecule has 7 heteroatoms. The number of benzene rings is 1. The first-order valence-electron chi connectivity index (χ1n) is 7.19. The highest BCUT2D eigenvalue weighted by Gasteiger charge is 2.28. The Morgan fingerprint density at radius 1 is 1.45 bits per heavy atom. The number of aryl methyl sites for hydroxylation is 1. The first kappa shape index (κ1) is 14.4. The van der Waals surface area contributed by atoms with Crippen molar-refractivity contribution >= 4 is 22.7 Å². The van der Waals surface area contributed by atoms with E-state index in [-0.39, 0.29) is 16.7 Å². The maximum Gasteiger partial charge on any atom is 0.410 e. The van der Waals surface area contributed by atoms with Crippen molar-refractivity contribution in [1.82, 2.24) is 9.47 Å². The summed E-state index contributed by atoms with van der Waals surface area (Å²) < 4.78 is 6.93. The summed E-state index contributed by atoms with van der Waals surface area (Å²) in [6.45, 7) is 3.09. The molecule has 2 heterocycles. The SMILES string of the molecule is CCOC(=O)N1CCc2c(c3cccc([N+](=O)[O-])c3n2C)C1. The predicted molar refractivity (Wildman–Crippen MR) is 80.7 cm³/mol. The summed E-state index contributed by atoms with van der Waals surface area (Å²) in [6, 6.07) is 5.07.